The standard InChI is InChI=1S/C35H42N4O3S/c1-22(2)15-29-21-42-32-19-31(33-23(3)9-8-10-24(33)4)37-34(38-32)39-43(40,41)30-17-25(20-36-29)16-27(18-30)26-11-13-28(14-12-26)35(5,6)7/h8-14,16-19,22,29,36H,15,20-21H2,1-7H3,(H,37,38,39)/t29-/m1/s1. The monoisotopic (exact) mass is 598 g/mol. The van der Waals surface area contributed by atoms with Crippen LogP contribution in [0.5, 0.6) is 5.88 Å². The zero-order valence-corrected chi connectivity index (χ0v) is 27.0. The quantitative estimate of drug-likeness (QED) is 0.254. The highest BCUT2D eigenvalue weighted by Gasteiger charge is 2.23. The fourth-order valence-electron chi connectivity index (χ4n) is 5.54. The van der Waals surface area contributed by atoms with Gasteiger partial charge in [-0.2, -0.15) is 4.98 Å². The minimum absolute atomic E-state index is 0.0205. The Morgan fingerprint density at radius 1 is 0.930 bits per heavy atom. The molecule has 3 aromatic carbocycles. The van der Waals surface area contributed by atoms with E-state index < -0.39 is 10.0 Å². The molecule has 1 aliphatic heterocycles. The summed E-state index contributed by atoms with van der Waals surface area (Å²) in [6.07, 6.45) is 0.888. The van der Waals surface area contributed by atoms with Crippen molar-refractivity contribution in [1.29, 1.82) is 0 Å². The maximum absolute atomic E-state index is 13.9. The molecule has 1 aromatic heterocycles. The first kappa shape index (κ1) is 30.7. The molecule has 0 radical (unpaired) electrons. The number of hydrogen-bond acceptors (Lipinski definition) is 6. The number of anilines is 1. The van der Waals surface area contributed by atoms with Crippen LogP contribution in [0.3, 0.4) is 0 Å². The summed E-state index contributed by atoms with van der Waals surface area (Å²) < 4.78 is 36.6. The number of aromatic nitrogens is 2. The predicted molar refractivity (Wildman–Crippen MR) is 174 cm³/mol. The highest BCUT2D eigenvalue weighted by atomic mass is 32.2. The smallest absolute Gasteiger partial charge is 0.264 e. The third kappa shape index (κ3) is 7.25. The predicted octanol–water partition coefficient (Wildman–Crippen LogP) is 7.42. The highest BCUT2D eigenvalue weighted by Crippen LogP contribution is 2.32. The van der Waals surface area contributed by atoms with E-state index in [0.717, 1.165) is 39.8 Å². The molecule has 0 unspecified atom stereocenters. The lowest BCUT2D eigenvalue weighted by atomic mass is 9.86. The lowest BCUT2D eigenvalue weighted by Crippen LogP contribution is -2.35. The van der Waals surface area contributed by atoms with Crippen LogP contribution in [0.1, 0.15) is 63.3 Å². The Morgan fingerprint density at radius 3 is 2.28 bits per heavy atom. The fourth-order valence-corrected chi connectivity index (χ4v) is 6.58. The first-order chi connectivity index (χ1) is 20.3. The van der Waals surface area contributed by atoms with Crippen LogP contribution in [0.4, 0.5) is 5.95 Å². The van der Waals surface area contributed by atoms with E-state index >= 15 is 0 Å². The van der Waals surface area contributed by atoms with Gasteiger partial charge in [-0.15, -0.1) is 0 Å². The Bertz CT molecular complexity index is 1710. The van der Waals surface area contributed by atoms with E-state index in [1.807, 2.05) is 32.0 Å². The summed E-state index contributed by atoms with van der Waals surface area (Å²) in [6, 6.07) is 21.7. The van der Waals surface area contributed by atoms with Gasteiger partial charge in [0, 0.05) is 24.2 Å². The van der Waals surface area contributed by atoms with E-state index in [4.69, 9.17) is 4.74 Å². The summed E-state index contributed by atoms with van der Waals surface area (Å²) in [7, 11) is -4.03. The fraction of sp³-hybridized carbons (Fsp3) is 0.371. The molecule has 8 heteroatoms. The van der Waals surface area contributed by atoms with Gasteiger partial charge in [-0.3, -0.25) is 0 Å². The van der Waals surface area contributed by atoms with Crippen molar-refractivity contribution >= 4 is 16.0 Å². The van der Waals surface area contributed by atoms with Gasteiger partial charge in [-0.1, -0.05) is 77.1 Å². The molecule has 1 aliphatic rings. The third-order valence-corrected chi connectivity index (χ3v) is 9.12. The Morgan fingerprint density at radius 2 is 1.63 bits per heavy atom. The van der Waals surface area contributed by atoms with E-state index in [1.165, 1.54) is 5.56 Å². The van der Waals surface area contributed by atoms with Gasteiger partial charge in [-0.25, -0.2) is 18.1 Å². The molecule has 226 valence electrons. The average Bonchev–Trinajstić information content (AvgIpc) is 2.93. The van der Waals surface area contributed by atoms with Gasteiger partial charge in [-0.05, 0) is 83.2 Å². The topological polar surface area (TPSA) is 93.2 Å². The molecule has 4 aromatic rings. The molecule has 1 atom stereocenters. The van der Waals surface area contributed by atoms with Crippen LogP contribution < -0.4 is 14.8 Å². The normalized spacial score (nSPS) is 16.8. The maximum atomic E-state index is 13.9. The Labute approximate surface area is 256 Å². The van der Waals surface area contributed by atoms with Gasteiger partial charge in [0.1, 0.15) is 6.61 Å². The van der Waals surface area contributed by atoms with E-state index in [0.29, 0.717) is 30.6 Å². The summed E-state index contributed by atoms with van der Waals surface area (Å²) >= 11 is 0. The van der Waals surface area contributed by atoms with E-state index in [9.17, 15) is 8.42 Å². The Kier molecular flexibility index (Phi) is 8.63. The second kappa shape index (κ2) is 12.1. The van der Waals surface area contributed by atoms with Gasteiger partial charge >= 0.3 is 0 Å². The first-order valence-corrected chi connectivity index (χ1v) is 16.4. The van der Waals surface area contributed by atoms with Crippen LogP contribution in [0.15, 0.2) is 71.6 Å². The number of sulfonamides is 1. The highest BCUT2D eigenvalue weighted by molar-refractivity contribution is 7.92. The second-order valence-electron chi connectivity index (χ2n) is 13.0. The zero-order chi connectivity index (χ0) is 30.9. The van der Waals surface area contributed by atoms with Crippen molar-refractivity contribution in [2.45, 2.75) is 77.8 Å². The van der Waals surface area contributed by atoms with E-state index in [2.05, 4.69) is 85.0 Å². The zero-order valence-electron chi connectivity index (χ0n) is 26.2. The van der Waals surface area contributed by atoms with Gasteiger partial charge < -0.3 is 10.1 Å². The van der Waals surface area contributed by atoms with Gasteiger partial charge in [0.25, 0.3) is 10.0 Å². The largest absolute Gasteiger partial charge is 0.476 e. The van der Waals surface area contributed by atoms with Crippen molar-refractivity contribution < 1.29 is 13.2 Å². The van der Waals surface area contributed by atoms with Crippen LogP contribution in [0.25, 0.3) is 22.4 Å². The lowest BCUT2D eigenvalue weighted by molar-refractivity contribution is 0.236. The summed E-state index contributed by atoms with van der Waals surface area (Å²) in [4.78, 5) is 9.32. The summed E-state index contributed by atoms with van der Waals surface area (Å²) in [5, 5.41) is 3.62. The number of benzene rings is 3. The minimum atomic E-state index is -4.03. The van der Waals surface area contributed by atoms with Crippen LogP contribution in [-0.2, 0) is 22.0 Å². The molecular weight excluding hydrogens is 556 g/mol. The molecule has 0 amide bonds. The maximum Gasteiger partial charge on any atom is 0.264 e. The molecule has 0 spiro atoms. The minimum Gasteiger partial charge on any atom is -0.476 e. The molecule has 43 heavy (non-hydrogen) atoms. The second-order valence-corrected chi connectivity index (χ2v) is 14.7. The third-order valence-electron chi connectivity index (χ3n) is 7.81. The van der Waals surface area contributed by atoms with Crippen LogP contribution in [0.2, 0.25) is 0 Å². The summed E-state index contributed by atoms with van der Waals surface area (Å²) in [5.74, 6) is 0.740. The number of rotatable bonds is 4. The first-order valence-electron chi connectivity index (χ1n) is 14.9. The van der Waals surface area contributed by atoms with Crippen LogP contribution >= 0.6 is 0 Å². The van der Waals surface area contributed by atoms with Crippen molar-refractivity contribution in [2.24, 2.45) is 5.92 Å². The molecule has 0 saturated carbocycles. The molecule has 0 aliphatic carbocycles. The SMILES string of the molecule is Cc1cccc(C)c1-c1cc2nc(n1)NS(=O)(=O)c1cc(cc(-c3ccc(C(C)(C)C)cc3)c1)CN[C@H](CC(C)C)CO2. The van der Waals surface area contributed by atoms with E-state index in [-0.39, 0.29) is 22.3 Å². The molecule has 0 saturated heterocycles. The number of nitrogens with zero attached hydrogens (tertiary/aromatic N) is 2. The van der Waals surface area contributed by atoms with Gasteiger partial charge in [0.15, 0.2) is 0 Å². The van der Waals surface area contributed by atoms with Crippen molar-refractivity contribution in [3.05, 3.63) is 89.0 Å². The number of ether oxygens (including phenoxy) is 1. The van der Waals surface area contributed by atoms with Crippen molar-refractivity contribution in [2.75, 3.05) is 11.3 Å². The van der Waals surface area contributed by atoms with Crippen molar-refractivity contribution in [1.82, 2.24) is 15.3 Å². The Hall–Kier alpha value is -3.75. The molecule has 2 heterocycles. The number of hydrogen-bond donors (Lipinski definition) is 2. The van der Waals surface area contributed by atoms with Crippen molar-refractivity contribution in [3.8, 4) is 28.3 Å². The molecule has 2 N–H and O–H groups in total. The summed E-state index contributed by atoms with van der Waals surface area (Å²) in [6.45, 7) is 15.8. The van der Waals surface area contributed by atoms with Gasteiger partial charge in [0.2, 0.25) is 11.8 Å². The average molecular weight is 599 g/mol. The van der Waals surface area contributed by atoms with Crippen LogP contribution in [-0.4, -0.2) is 31.0 Å². The molecule has 4 bridgehead atoms. The number of fused-ring (bicyclic) bond motifs is 4. The Balaban J connectivity index is 1.63. The van der Waals surface area contributed by atoms with Crippen LogP contribution in [0, 0.1) is 19.8 Å². The molecule has 7 nitrogen and oxygen atoms in total. The van der Waals surface area contributed by atoms with Gasteiger partial charge in [0.05, 0.1) is 10.6 Å². The van der Waals surface area contributed by atoms with E-state index in [1.54, 1.807) is 18.2 Å². The summed E-state index contributed by atoms with van der Waals surface area (Å²) in [5.41, 5.74) is 7.49. The number of nitrogens with one attached hydrogen (secondary N) is 2. The molecule has 0 fully saturated rings. The molecule has 5 rings (SSSR count). The number of aryl methyl sites for hydroxylation is 2. The molecular formula is C35H42N4O3S. The lowest BCUT2D eigenvalue weighted by Gasteiger charge is -2.21. The van der Waals surface area contributed by atoms with Crippen molar-refractivity contribution in [3.63, 3.8) is 0 Å².